The molecule has 1 aliphatic heterocycles. The number of rotatable bonds is 5. The van der Waals surface area contributed by atoms with Gasteiger partial charge in [0.15, 0.2) is 18.1 Å². The highest BCUT2D eigenvalue weighted by molar-refractivity contribution is 5.98. The van der Waals surface area contributed by atoms with E-state index >= 15 is 0 Å². The first-order chi connectivity index (χ1) is 12.7. The van der Waals surface area contributed by atoms with Crippen LogP contribution in [0.4, 0.5) is 11.4 Å². The standard InChI is InChI=1S/C19H20N2O5/c1-20-15-6-3-2-5-14(15)19(23)26-12-18(22)21-13-7-8-16-17(11-13)25-10-4-9-24-16/h2-3,5-8,11,20H,4,9-10,12H2,1H3,(H,21,22). The molecule has 136 valence electrons. The number of ether oxygens (including phenoxy) is 3. The summed E-state index contributed by atoms with van der Waals surface area (Å²) in [6, 6.07) is 12.1. The third-order valence-electron chi connectivity index (χ3n) is 3.78. The van der Waals surface area contributed by atoms with Crippen LogP contribution < -0.4 is 20.1 Å². The van der Waals surface area contributed by atoms with Crippen molar-refractivity contribution < 1.29 is 23.8 Å². The van der Waals surface area contributed by atoms with E-state index in [1.165, 1.54) is 0 Å². The fourth-order valence-electron chi connectivity index (χ4n) is 2.53. The Morgan fingerprint density at radius 1 is 1.08 bits per heavy atom. The molecule has 0 fully saturated rings. The van der Waals surface area contributed by atoms with E-state index in [0.29, 0.717) is 41.7 Å². The van der Waals surface area contributed by atoms with E-state index in [9.17, 15) is 9.59 Å². The monoisotopic (exact) mass is 356 g/mol. The molecule has 0 radical (unpaired) electrons. The van der Waals surface area contributed by atoms with Crippen molar-refractivity contribution in [1.29, 1.82) is 0 Å². The number of hydrogen-bond donors (Lipinski definition) is 2. The van der Waals surface area contributed by atoms with Crippen molar-refractivity contribution in [3.8, 4) is 11.5 Å². The van der Waals surface area contributed by atoms with E-state index < -0.39 is 11.9 Å². The van der Waals surface area contributed by atoms with Crippen LogP contribution in [-0.4, -0.2) is 38.7 Å². The minimum absolute atomic E-state index is 0.373. The number of carbonyl (C=O) groups excluding carboxylic acids is 2. The summed E-state index contributed by atoms with van der Waals surface area (Å²) in [7, 11) is 1.71. The summed E-state index contributed by atoms with van der Waals surface area (Å²) in [5.41, 5.74) is 1.56. The van der Waals surface area contributed by atoms with E-state index in [4.69, 9.17) is 14.2 Å². The summed E-state index contributed by atoms with van der Waals surface area (Å²) in [5, 5.41) is 5.59. The fourth-order valence-corrected chi connectivity index (χ4v) is 2.53. The summed E-state index contributed by atoms with van der Waals surface area (Å²) in [5.74, 6) is 0.231. The fraction of sp³-hybridized carbons (Fsp3) is 0.263. The van der Waals surface area contributed by atoms with Gasteiger partial charge in [-0.25, -0.2) is 4.79 Å². The van der Waals surface area contributed by atoms with Gasteiger partial charge in [0.2, 0.25) is 0 Å². The van der Waals surface area contributed by atoms with Crippen molar-refractivity contribution in [3.05, 3.63) is 48.0 Å². The lowest BCUT2D eigenvalue weighted by Gasteiger charge is -2.11. The molecule has 2 aromatic carbocycles. The Morgan fingerprint density at radius 2 is 1.85 bits per heavy atom. The molecule has 1 heterocycles. The average molecular weight is 356 g/mol. The molecule has 2 N–H and O–H groups in total. The molecule has 0 atom stereocenters. The molecule has 0 aromatic heterocycles. The first-order valence-electron chi connectivity index (χ1n) is 8.31. The second kappa shape index (κ2) is 8.24. The zero-order valence-corrected chi connectivity index (χ0v) is 14.4. The van der Waals surface area contributed by atoms with Crippen LogP contribution in [0.15, 0.2) is 42.5 Å². The Kier molecular flexibility index (Phi) is 5.58. The largest absolute Gasteiger partial charge is 0.490 e. The number of amides is 1. The van der Waals surface area contributed by atoms with Crippen LogP contribution in [0.2, 0.25) is 0 Å². The van der Waals surface area contributed by atoms with Gasteiger partial charge in [0.1, 0.15) is 0 Å². The Bertz CT molecular complexity index is 806. The third-order valence-corrected chi connectivity index (χ3v) is 3.78. The summed E-state index contributed by atoms with van der Waals surface area (Å²) in [6.45, 7) is 0.779. The first kappa shape index (κ1) is 17.6. The molecule has 7 heteroatoms. The zero-order valence-electron chi connectivity index (χ0n) is 14.4. The Labute approximate surface area is 151 Å². The summed E-state index contributed by atoms with van der Waals surface area (Å²) >= 11 is 0. The molecule has 0 saturated heterocycles. The lowest BCUT2D eigenvalue weighted by atomic mass is 10.2. The molecule has 0 spiro atoms. The summed E-state index contributed by atoms with van der Waals surface area (Å²) < 4.78 is 16.2. The molecule has 26 heavy (non-hydrogen) atoms. The molecule has 1 aliphatic rings. The van der Waals surface area contributed by atoms with Gasteiger partial charge in [-0.3, -0.25) is 4.79 Å². The molecule has 0 unspecified atom stereocenters. The van der Waals surface area contributed by atoms with Gasteiger partial charge < -0.3 is 24.8 Å². The number of benzene rings is 2. The number of fused-ring (bicyclic) bond motifs is 1. The highest BCUT2D eigenvalue weighted by Crippen LogP contribution is 2.32. The maximum atomic E-state index is 12.1. The van der Waals surface area contributed by atoms with Gasteiger partial charge in [0, 0.05) is 30.9 Å². The van der Waals surface area contributed by atoms with Crippen molar-refractivity contribution in [2.45, 2.75) is 6.42 Å². The van der Waals surface area contributed by atoms with Gasteiger partial charge in [0.25, 0.3) is 5.91 Å². The van der Waals surface area contributed by atoms with Gasteiger partial charge in [-0.1, -0.05) is 12.1 Å². The highest BCUT2D eigenvalue weighted by atomic mass is 16.5. The van der Waals surface area contributed by atoms with Gasteiger partial charge in [-0.05, 0) is 24.3 Å². The second-order valence-corrected chi connectivity index (χ2v) is 5.63. The van der Waals surface area contributed by atoms with Gasteiger partial charge in [0.05, 0.1) is 18.8 Å². The molecule has 1 amide bonds. The average Bonchev–Trinajstić information content (AvgIpc) is 2.91. The number of esters is 1. The number of anilines is 2. The maximum Gasteiger partial charge on any atom is 0.340 e. The van der Waals surface area contributed by atoms with Crippen LogP contribution in [0.25, 0.3) is 0 Å². The van der Waals surface area contributed by atoms with Crippen LogP contribution in [-0.2, 0) is 9.53 Å². The normalized spacial score (nSPS) is 12.7. The quantitative estimate of drug-likeness (QED) is 0.801. The van der Waals surface area contributed by atoms with Crippen LogP contribution >= 0.6 is 0 Å². The molecule has 3 rings (SSSR count). The smallest absolute Gasteiger partial charge is 0.340 e. The predicted molar refractivity (Wildman–Crippen MR) is 96.9 cm³/mol. The number of para-hydroxylation sites is 1. The van der Waals surface area contributed by atoms with Gasteiger partial charge >= 0.3 is 5.97 Å². The van der Waals surface area contributed by atoms with Crippen LogP contribution in [0.3, 0.4) is 0 Å². The van der Waals surface area contributed by atoms with Crippen LogP contribution in [0.5, 0.6) is 11.5 Å². The minimum Gasteiger partial charge on any atom is -0.490 e. The second-order valence-electron chi connectivity index (χ2n) is 5.63. The lowest BCUT2D eigenvalue weighted by Crippen LogP contribution is -2.21. The minimum atomic E-state index is -0.566. The van der Waals surface area contributed by atoms with E-state index in [0.717, 1.165) is 6.42 Å². The van der Waals surface area contributed by atoms with E-state index in [2.05, 4.69) is 10.6 Å². The van der Waals surface area contributed by atoms with Crippen LogP contribution in [0.1, 0.15) is 16.8 Å². The van der Waals surface area contributed by atoms with E-state index in [1.54, 1.807) is 49.5 Å². The van der Waals surface area contributed by atoms with Gasteiger partial charge in [-0.2, -0.15) is 0 Å². The SMILES string of the molecule is CNc1ccccc1C(=O)OCC(=O)Nc1ccc2c(c1)OCCCO2. The molecule has 7 nitrogen and oxygen atoms in total. The molecule has 0 saturated carbocycles. The molecular formula is C19H20N2O5. The lowest BCUT2D eigenvalue weighted by molar-refractivity contribution is -0.119. The van der Waals surface area contributed by atoms with Gasteiger partial charge in [-0.15, -0.1) is 0 Å². The van der Waals surface area contributed by atoms with Crippen molar-refractivity contribution in [3.63, 3.8) is 0 Å². The van der Waals surface area contributed by atoms with Crippen molar-refractivity contribution >= 4 is 23.3 Å². The highest BCUT2D eigenvalue weighted by Gasteiger charge is 2.15. The molecule has 0 bridgehead atoms. The Morgan fingerprint density at radius 3 is 2.65 bits per heavy atom. The number of nitrogens with one attached hydrogen (secondary N) is 2. The molecular weight excluding hydrogens is 336 g/mol. The summed E-state index contributed by atoms with van der Waals surface area (Å²) in [4.78, 5) is 24.2. The van der Waals surface area contributed by atoms with Crippen molar-refractivity contribution in [1.82, 2.24) is 0 Å². The maximum absolute atomic E-state index is 12.1. The van der Waals surface area contributed by atoms with Crippen LogP contribution in [0, 0.1) is 0 Å². The van der Waals surface area contributed by atoms with E-state index in [-0.39, 0.29) is 6.61 Å². The number of hydrogen-bond acceptors (Lipinski definition) is 6. The Balaban J connectivity index is 1.57. The Hall–Kier alpha value is -3.22. The van der Waals surface area contributed by atoms with E-state index in [1.807, 2.05) is 0 Å². The third kappa shape index (κ3) is 4.24. The van der Waals surface area contributed by atoms with Crippen molar-refractivity contribution in [2.75, 3.05) is 37.5 Å². The first-order valence-corrected chi connectivity index (χ1v) is 8.31. The van der Waals surface area contributed by atoms with Crippen molar-refractivity contribution in [2.24, 2.45) is 0 Å². The molecule has 0 aliphatic carbocycles. The topological polar surface area (TPSA) is 85.9 Å². The predicted octanol–water partition coefficient (Wildman–Crippen LogP) is 2.69. The molecule has 2 aromatic rings. The summed E-state index contributed by atoms with van der Waals surface area (Å²) in [6.07, 6.45) is 0.806. The zero-order chi connectivity index (χ0) is 18.4. The number of carbonyl (C=O) groups is 2.